The maximum atomic E-state index is 12.5. The largest absolute Gasteiger partial charge is 0.452 e. The van der Waals surface area contributed by atoms with Crippen LogP contribution in [0.25, 0.3) is 0 Å². The van der Waals surface area contributed by atoms with E-state index >= 15 is 0 Å². The van der Waals surface area contributed by atoms with Crippen molar-refractivity contribution in [2.24, 2.45) is 0 Å². The summed E-state index contributed by atoms with van der Waals surface area (Å²) in [6.07, 6.45) is -4.50. The minimum Gasteiger partial charge on any atom is -0.452 e. The Hall–Kier alpha value is -3.63. The molecule has 0 aliphatic carbocycles. The lowest BCUT2D eigenvalue weighted by Crippen LogP contribution is -2.21. The molecule has 0 aliphatic heterocycles. The number of ether oxygens (including phenoxy) is 1. The van der Waals surface area contributed by atoms with Crippen LogP contribution in [-0.2, 0) is 15.7 Å². The minimum absolute atomic E-state index is 0.0684. The monoisotopic (exact) mass is 383 g/mol. The second kappa shape index (κ2) is 7.72. The van der Waals surface area contributed by atoms with Crippen molar-refractivity contribution in [3.05, 3.63) is 63.7 Å². The highest BCUT2D eigenvalue weighted by Crippen LogP contribution is 2.29. The number of carbonyl (C=O) groups is 2. The normalized spacial score (nSPS) is 10.9. The molecule has 2 aromatic carbocycles. The summed E-state index contributed by atoms with van der Waals surface area (Å²) in [4.78, 5) is 33.7. The molecule has 0 aromatic heterocycles. The van der Waals surface area contributed by atoms with Crippen LogP contribution in [0.4, 0.5) is 30.2 Å². The lowest BCUT2D eigenvalue weighted by molar-refractivity contribution is -0.384. The van der Waals surface area contributed by atoms with Gasteiger partial charge in [-0.25, -0.2) is 4.79 Å². The summed E-state index contributed by atoms with van der Waals surface area (Å²) in [5, 5.41) is 13.0. The fourth-order valence-electron chi connectivity index (χ4n) is 1.98. The number of esters is 1. The number of benzene rings is 2. The summed E-state index contributed by atoms with van der Waals surface area (Å²) < 4.78 is 42.1. The molecule has 0 atom stereocenters. The number of rotatable bonds is 5. The minimum atomic E-state index is -4.50. The van der Waals surface area contributed by atoms with E-state index in [1.807, 2.05) is 0 Å². The van der Waals surface area contributed by atoms with Gasteiger partial charge < -0.3 is 15.8 Å². The fourth-order valence-corrected chi connectivity index (χ4v) is 1.98. The van der Waals surface area contributed by atoms with E-state index in [2.05, 4.69) is 5.32 Å². The standard InChI is InChI=1S/C16H12F3N3O5/c17-16(18,19)9-1-3-10(4-2-9)21-14(23)8-27-15(24)12-7-11(22(25)26)5-6-13(12)20/h1-7H,8,20H2,(H,21,23). The molecule has 27 heavy (non-hydrogen) atoms. The molecular formula is C16H12F3N3O5. The zero-order valence-electron chi connectivity index (χ0n) is 13.4. The molecule has 2 rings (SSSR count). The molecule has 0 heterocycles. The van der Waals surface area contributed by atoms with E-state index in [1.165, 1.54) is 0 Å². The van der Waals surface area contributed by atoms with Crippen molar-refractivity contribution in [1.82, 2.24) is 0 Å². The zero-order valence-corrected chi connectivity index (χ0v) is 13.4. The van der Waals surface area contributed by atoms with Gasteiger partial charge in [0.25, 0.3) is 11.6 Å². The molecule has 0 unspecified atom stereocenters. The fraction of sp³-hybridized carbons (Fsp3) is 0.125. The second-order valence-corrected chi connectivity index (χ2v) is 5.23. The third kappa shape index (κ3) is 5.17. The van der Waals surface area contributed by atoms with Crippen molar-refractivity contribution in [2.75, 3.05) is 17.7 Å². The number of anilines is 2. The Labute approximate surface area is 149 Å². The smallest absolute Gasteiger partial charge is 0.416 e. The maximum Gasteiger partial charge on any atom is 0.416 e. The number of nitrogens with zero attached hydrogens (tertiary/aromatic N) is 1. The zero-order chi connectivity index (χ0) is 20.2. The molecule has 8 nitrogen and oxygen atoms in total. The van der Waals surface area contributed by atoms with Gasteiger partial charge in [0.1, 0.15) is 0 Å². The number of nitro groups is 1. The first-order valence-corrected chi connectivity index (χ1v) is 7.26. The molecule has 0 spiro atoms. The number of nitrogens with one attached hydrogen (secondary N) is 1. The Kier molecular flexibility index (Phi) is 5.63. The first-order valence-electron chi connectivity index (χ1n) is 7.26. The molecule has 2 aromatic rings. The Balaban J connectivity index is 1.96. The molecule has 0 aliphatic rings. The third-order valence-electron chi connectivity index (χ3n) is 3.30. The first kappa shape index (κ1) is 19.7. The number of nitrogen functional groups attached to an aromatic ring is 1. The van der Waals surface area contributed by atoms with E-state index in [-0.39, 0.29) is 22.6 Å². The summed E-state index contributed by atoms with van der Waals surface area (Å²) in [6, 6.07) is 6.81. The molecule has 11 heteroatoms. The van der Waals surface area contributed by atoms with Gasteiger partial charge in [-0.15, -0.1) is 0 Å². The van der Waals surface area contributed by atoms with Crippen molar-refractivity contribution >= 4 is 28.9 Å². The van der Waals surface area contributed by atoms with Crippen molar-refractivity contribution < 1.29 is 32.4 Å². The Morgan fingerprint density at radius 3 is 2.33 bits per heavy atom. The maximum absolute atomic E-state index is 12.5. The number of amides is 1. The number of hydrogen-bond acceptors (Lipinski definition) is 6. The van der Waals surface area contributed by atoms with E-state index in [0.29, 0.717) is 0 Å². The molecule has 142 valence electrons. The van der Waals surface area contributed by atoms with E-state index in [0.717, 1.165) is 42.5 Å². The van der Waals surface area contributed by atoms with E-state index in [9.17, 15) is 32.9 Å². The number of nitro benzene ring substituents is 1. The van der Waals surface area contributed by atoms with Gasteiger partial charge in [0.2, 0.25) is 0 Å². The van der Waals surface area contributed by atoms with Crippen LogP contribution in [0.1, 0.15) is 15.9 Å². The van der Waals surface area contributed by atoms with E-state index < -0.39 is 35.1 Å². The van der Waals surface area contributed by atoms with Crippen molar-refractivity contribution in [1.29, 1.82) is 0 Å². The highest BCUT2D eigenvalue weighted by molar-refractivity contribution is 5.98. The Bertz CT molecular complexity index is 882. The van der Waals surface area contributed by atoms with Crippen LogP contribution in [0.2, 0.25) is 0 Å². The van der Waals surface area contributed by atoms with Crippen molar-refractivity contribution in [3.8, 4) is 0 Å². The van der Waals surface area contributed by atoms with Crippen LogP contribution < -0.4 is 11.1 Å². The molecule has 0 saturated carbocycles. The molecule has 0 fully saturated rings. The Morgan fingerprint density at radius 1 is 1.15 bits per heavy atom. The quantitative estimate of drug-likeness (QED) is 0.354. The third-order valence-corrected chi connectivity index (χ3v) is 3.30. The average Bonchev–Trinajstić information content (AvgIpc) is 2.59. The van der Waals surface area contributed by atoms with Crippen LogP contribution in [-0.4, -0.2) is 23.4 Å². The number of non-ortho nitro benzene ring substituents is 1. The van der Waals surface area contributed by atoms with Crippen molar-refractivity contribution in [3.63, 3.8) is 0 Å². The lowest BCUT2D eigenvalue weighted by atomic mass is 10.1. The number of halogens is 3. The van der Waals surface area contributed by atoms with Gasteiger partial charge in [0.15, 0.2) is 6.61 Å². The molecule has 0 bridgehead atoms. The molecule has 3 N–H and O–H groups in total. The summed E-state index contributed by atoms with van der Waals surface area (Å²) in [6.45, 7) is -0.762. The highest BCUT2D eigenvalue weighted by Gasteiger charge is 2.30. The molecule has 1 amide bonds. The number of alkyl halides is 3. The summed E-state index contributed by atoms with van der Waals surface area (Å²) in [5.41, 5.74) is 4.00. The van der Waals surface area contributed by atoms with Crippen molar-refractivity contribution in [2.45, 2.75) is 6.18 Å². The second-order valence-electron chi connectivity index (χ2n) is 5.23. The summed E-state index contributed by atoms with van der Waals surface area (Å²) in [5.74, 6) is -1.87. The molecular weight excluding hydrogens is 371 g/mol. The predicted molar refractivity (Wildman–Crippen MR) is 87.9 cm³/mol. The van der Waals surface area contributed by atoms with Gasteiger partial charge in [-0.2, -0.15) is 13.2 Å². The van der Waals surface area contributed by atoms with Gasteiger partial charge in [-0.1, -0.05) is 0 Å². The van der Waals surface area contributed by atoms with Gasteiger partial charge in [-0.3, -0.25) is 14.9 Å². The topological polar surface area (TPSA) is 125 Å². The van der Waals surface area contributed by atoms with Crippen LogP contribution in [0.15, 0.2) is 42.5 Å². The number of nitrogens with two attached hydrogens (primary N) is 1. The number of carbonyl (C=O) groups excluding carboxylic acids is 2. The average molecular weight is 383 g/mol. The van der Waals surface area contributed by atoms with Gasteiger partial charge >= 0.3 is 12.1 Å². The van der Waals surface area contributed by atoms with Crippen LogP contribution >= 0.6 is 0 Å². The Morgan fingerprint density at radius 2 is 1.78 bits per heavy atom. The lowest BCUT2D eigenvalue weighted by Gasteiger charge is -2.09. The number of hydrogen-bond donors (Lipinski definition) is 2. The SMILES string of the molecule is Nc1ccc([N+](=O)[O-])cc1C(=O)OCC(=O)Nc1ccc(C(F)(F)F)cc1. The summed E-state index contributed by atoms with van der Waals surface area (Å²) >= 11 is 0. The summed E-state index contributed by atoms with van der Waals surface area (Å²) in [7, 11) is 0. The predicted octanol–water partition coefficient (Wildman–Crippen LogP) is 2.99. The first-order chi connectivity index (χ1) is 12.6. The van der Waals surface area contributed by atoms with Crippen LogP contribution in [0.5, 0.6) is 0 Å². The van der Waals surface area contributed by atoms with Crippen LogP contribution in [0, 0.1) is 10.1 Å². The van der Waals surface area contributed by atoms with E-state index in [1.54, 1.807) is 0 Å². The highest BCUT2D eigenvalue weighted by atomic mass is 19.4. The molecule has 0 saturated heterocycles. The van der Waals surface area contributed by atoms with Gasteiger partial charge in [-0.05, 0) is 30.3 Å². The van der Waals surface area contributed by atoms with Crippen LogP contribution in [0.3, 0.4) is 0 Å². The van der Waals surface area contributed by atoms with Gasteiger partial charge in [0.05, 0.1) is 16.1 Å². The molecule has 0 radical (unpaired) electrons. The van der Waals surface area contributed by atoms with Gasteiger partial charge in [0, 0.05) is 23.5 Å². The van der Waals surface area contributed by atoms with E-state index in [4.69, 9.17) is 10.5 Å².